The Bertz CT molecular complexity index is 267. The fourth-order valence-corrected chi connectivity index (χ4v) is 1.02. The summed E-state index contributed by atoms with van der Waals surface area (Å²) in [5.74, 6) is 0. The Balaban J connectivity index is 2.54. The van der Waals surface area contributed by atoms with Crippen molar-refractivity contribution in [2.45, 2.75) is 6.42 Å². The summed E-state index contributed by atoms with van der Waals surface area (Å²) in [6.07, 6.45) is 6.16. The molecule has 0 radical (unpaired) electrons. The molecule has 3 nitrogen and oxygen atoms in total. The Morgan fingerprint density at radius 1 is 1.40 bits per heavy atom. The molecule has 1 aromatic rings. The molecule has 1 aliphatic heterocycles. The van der Waals surface area contributed by atoms with Crippen LogP contribution in [0.15, 0.2) is 17.5 Å². The number of nitrogens with zero attached hydrogens (tertiary/aromatic N) is 3. The average molecular weight is 133 g/mol. The predicted octanol–water partition coefficient (Wildman–Crippen LogP) is 0.452. The first kappa shape index (κ1) is 5.53. The highest BCUT2D eigenvalue weighted by molar-refractivity contribution is 5.81. The van der Waals surface area contributed by atoms with Crippen molar-refractivity contribution in [2.75, 3.05) is 6.54 Å². The highest BCUT2D eigenvalue weighted by Crippen LogP contribution is 2.05. The largest absolute Gasteiger partial charge is 0.292 e. The molecule has 50 valence electrons. The van der Waals surface area contributed by atoms with E-state index in [1.807, 2.05) is 6.21 Å². The van der Waals surface area contributed by atoms with Crippen LogP contribution in [0.3, 0.4) is 0 Å². The van der Waals surface area contributed by atoms with Crippen LogP contribution in [0.25, 0.3) is 0 Å². The van der Waals surface area contributed by atoms with Crippen LogP contribution < -0.4 is 0 Å². The molecule has 0 aromatic carbocycles. The van der Waals surface area contributed by atoms with Crippen molar-refractivity contribution < 1.29 is 0 Å². The van der Waals surface area contributed by atoms with Gasteiger partial charge in [0.1, 0.15) is 6.33 Å². The molecule has 0 saturated heterocycles. The Morgan fingerprint density at radius 2 is 2.40 bits per heavy atom. The van der Waals surface area contributed by atoms with Gasteiger partial charge in [0, 0.05) is 30.9 Å². The minimum Gasteiger partial charge on any atom is -0.292 e. The summed E-state index contributed by atoms with van der Waals surface area (Å²) < 4.78 is 0. The first-order valence-electron chi connectivity index (χ1n) is 3.25. The molecule has 0 aliphatic carbocycles. The Labute approximate surface area is 58.9 Å². The number of aromatic nitrogens is 2. The highest BCUT2D eigenvalue weighted by atomic mass is 14.8. The van der Waals surface area contributed by atoms with E-state index < -0.39 is 0 Å². The highest BCUT2D eigenvalue weighted by Gasteiger charge is 2.03. The van der Waals surface area contributed by atoms with Crippen LogP contribution in [0.2, 0.25) is 0 Å². The first-order chi connectivity index (χ1) is 4.97. The lowest BCUT2D eigenvalue weighted by molar-refractivity contribution is 0.890. The van der Waals surface area contributed by atoms with E-state index in [-0.39, 0.29) is 0 Å². The Kier molecular flexibility index (Phi) is 1.20. The van der Waals surface area contributed by atoms with Gasteiger partial charge in [-0.1, -0.05) is 0 Å². The zero-order valence-corrected chi connectivity index (χ0v) is 5.49. The zero-order chi connectivity index (χ0) is 6.81. The number of hydrogen-bond acceptors (Lipinski definition) is 3. The molecule has 0 amide bonds. The van der Waals surface area contributed by atoms with Gasteiger partial charge in [0.15, 0.2) is 0 Å². The SMILES string of the molecule is C1=NCCc2ncncc21. The second kappa shape index (κ2) is 2.17. The summed E-state index contributed by atoms with van der Waals surface area (Å²) in [5, 5.41) is 0. The van der Waals surface area contributed by atoms with Crippen molar-refractivity contribution in [2.24, 2.45) is 4.99 Å². The van der Waals surface area contributed by atoms with Crippen molar-refractivity contribution in [3.63, 3.8) is 0 Å². The van der Waals surface area contributed by atoms with E-state index >= 15 is 0 Å². The van der Waals surface area contributed by atoms with E-state index in [4.69, 9.17) is 0 Å². The van der Waals surface area contributed by atoms with Crippen molar-refractivity contribution in [1.82, 2.24) is 9.97 Å². The monoisotopic (exact) mass is 133 g/mol. The lowest BCUT2D eigenvalue weighted by Gasteiger charge is -2.05. The standard InChI is InChI=1S/C7H7N3/c1-2-8-3-6-4-9-5-10-7(1)6/h3-5H,1-2H2. The van der Waals surface area contributed by atoms with Gasteiger partial charge in [0.25, 0.3) is 0 Å². The van der Waals surface area contributed by atoms with E-state index in [2.05, 4.69) is 15.0 Å². The smallest absolute Gasteiger partial charge is 0.115 e. The topological polar surface area (TPSA) is 38.1 Å². The lowest BCUT2D eigenvalue weighted by Crippen LogP contribution is -2.05. The van der Waals surface area contributed by atoms with Gasteiger partial charge < -0.3 is 0 Å². The quantitative estimate of drug-likeness (QED) is 0.515. The molecular formula is C7H7N3. The van der Waals surface area contributed by atoms with Crippen molar-refractivity contribution in [3.8, 4) is 0 Å². The molecule has 0 bridgehead atoms. The minimum atomic E-state index is 0.865. The molecule has 10 heavy (non-hydrogen) atoms. The van der Waals surface area contributed by atoms with Gasteiger partial charge in [-0.2, -0.15) is 0 Å². The van der Waals surface area contributed by atoms with Gasteiger partial charge in [0.2, 0.25) is 0 Å². The third-order valence-corrected chi connectivity index (χ3v) is 1.54. The number of hydrogen-bond donors (Lipinski definition) is 0. The van der Waals surface area contributed by atoms with Gasteiger partial charge in [-0.25, -0.2) is 9.97 Å². The molecule has 0 spiro atoms. The lowest BCUT2D eigenvalue weighted by atomic mass is 10.1. The second-order valence-electron chi connectivity index (χ2n) is 2.21. The summed E-state index contributed by atoms with van der Waals surface area (Å²) >= 11 is 0. The molecular weight excluding hydrogens is 126 g/mol. The summed E-state index contributed by atoms with van der Waals surface area (Å²) in [4.78, 5) is 12.1. The third-order valence-electron chi connectivity index (χ3n) is 1.54. The maximum absolute atomic E-state index is 4.12. The molecule has 0 fully saturated rings. The summed E-state index contributed by atoms with van der Waals surface area (Å²) in [6, 6.07) is 0. The third kappa shape index (κ3) is 0.795. The molecule has 1 aromatic heterocycles. The van der Waals surface area contributed by atoms with Crippen LogP contribution in [0.5, 0.6) is 0 Å². The van der Waals surface area contributed by atoms with Gasteiger partial charge in [-0.3, -0.25) is 4.99 Å². The van der Waals surface area contributed by atoms with Gasteiger partial charge in [0.05, 0.1) is 5.69 Å². The van der Waals surface area contributed by atoms with Crippen molar-refractivity contribution >= 4 is 6.21 Å². The van der Waals surface area contributed by atoms with Crippen LogP contribution in [0.4, 0.5) is 0 Å². The first-order valence-corrected chi connectivity index (χ1v) is 3.25. The van der Waals surface area contributed by atoms with Crippen LogP contribution in [-0.2, 0) is 6.42 Å². The molecule has 0 unspecified atom stereocenters. The summed E-state index contributed by atoms with van der Waals surface area (Å²) in [6.45, 7) is 0.865. The molecule has 2 heterocycles. The average Bonchev–Trinajstić information content (AvgIpc) is 2.05. The van der Waals surface area contributed by atoms with E-state index in [0.717, 1.165) is 24.2 Å². The van der Waals surface area contributed by atoms with Crippen molar-refractivity contribution in [1.29, 1.82) is 0 Å². The Morgan fingerprint density at radius 3 is 3.30 bits per heavy atom. The van der Waals surface area contributed by atoms with Crippen LogP contribution in [-0.4, -0.2) is 22.7 Å². The molecule has 1 aliphatic rings. The Hall–Kier alpha value is -1.25. The van der Waals surface area contributed by atoms with Gasteiger partial charge in [-0.05, 0) is 0 Å². The number of rotatable bonds is 0. The van der Waals surface area contributed by atoms with E-state index in [1.54, 1.807) is 12.5 Å². The van der Waals surface area contributed by atoms with Crippen LogP contribution in [0, 0.1) is 0 Å². The fourth-order valence-electron chi connectivity index (χ4n) is 1.02. The number of fused-ring (bicyclic) bond motifs is 1. The van der Waals surface area contributed by atoms with Crippen molar-refractivity contribution in [3.05, 3.63) is 23.8 Å². The maximum Gasteiger partial charge on any atom is 0.115 e. The predicted molar refractivity (Wildman–Crippen MR) is 38.2 cm³/mol. The second-order valence-corrected chi connectivity index (χ2v) is 2.21. The number of aliphatic imine (C=N–C) groups is 1. The molecule has 2 rings (SSSR count). The molecule has 3 heteroatoms. The fraction of sp³-hybridized carbons (Fsp3) is 0.286. The van der Waals surface area contributed by atoms with E-state index in [1.165, 1.54) is 0 Å². The van der Waals surface area contributed by atoms with E-state index in [0.29, 0.717) is 0 Å². The molecule has 0 N–H and O–H groups in total. The minimum absolute atomic E-state index is 0.865. The summed E-state index contributed by atoms with van der Waals surface area (Å²) in [7, 11) is 0. The van der Waals surface area contributed by atoms with Crippen LogP contribution >= 0.6 is 0 Å². The molecule has 0 saturated carbocycles. The normalized spacial score (nSPS) is 14.8. The van der Waals surface area contributed by atoms with Gasteiger partial charge >= 0.3 is 0 Å². The zero-order valence-electron chi connectivity index (χ0n) is 5.49. The molecule has 0 atom stereocenters. The summed E-state index contributed by atoms with van der Waals surface area (Å²) in [5.41, 5.74) is 2.18. The maximum atomic E-state index is 4.12. The van der Waals surface area contributed by atoms with Crippen LogP contribution in [0.1, 0.15) is 11.3 Å². The van der Waals surface area contributed by atoms with Gasteiger partial charge in [-0.15, -0.1) is 0 Å². The van der Waals surface area contributed by atoms with E-state index in [9.17, 15) is 0 Å².